The molecular formula is C15H14O3. The van der Waals surface area contributed by atoms with Gasteiger partial charge in [0, 0.05) is 0 Å². The van der Waals surface area contributed by atoms with Crippen LogP contribution in [0, 0.1) is 5.92 Å². The number of hydrogen-bond donors (Lipinski definition) is 0. The van der Waals surface area contributed by atoms with Crippen molar-refractivity contribution < 1.29 is 14.3 Å². The molecule has 92 valence electrons. The Balaban J connectivity index is 2.36. The molecule has 0 heterocycles. The molecule has 0 fully saturated rings. The summed E-state index contributed by atoms with van der Waals surface area (Å²) in [6.07, 6.45) is 1.02. The van der Waals surface area contributed by atoms with E-state index in [4.69, 9.17) is 0 Å². The van der Waals surface area contributed by atoms with Crippen molar-refractivity contribution in [3.8, 4) is 0 Å². The van der Waals surface area contributed by atoms with E-state index in [1.54, 1.807) is 0 Å². The second-order valence-electron chi connectivity index (χ2n) is 4.11. The van der Waals surface area contributed by atoms with Crippen molar-refractivity contribution in [2.75, 3.05) is 7.11 Å². The lowest BCUT2D eigenvalue weighted by Gasteiger charge is -2.10. The van der Waals surface area contributed by atoms with E-state index in [0.717, 1.165) is 16.3 Å². The van der Waals surface area contributed by atoms with Crippen LogP contribution < -0.4 is 0 Å². The SMILES string of the molecule is COC(=O)C(C=O)Cc1cccc2ccccc12. The second kappa shape index (κ2) is 5.45. The summed E-state index contributed by atoms with van der Waals surface area (Å²) in [6, 6.07) is 13.8. The number of ether oxygens (including phenoxy) is 1. The minimum Gasteiger partial charge on any atom is -0.468 e. The number of hydrogen-bond acceptors (Lipinski definition) is 3. The highest BCUT2D eigenvalue weighted by molar-refractivity contribution is 5.90. The zero-order chi connectivity index (χ0) is 13.0. The van der Waals surface area contributed by atoms with Crippen LogP contribution in [0.15, 0.2) is 42.5 Å². The quantitative estimate of drug-likeness (QED) is 0.469. The molecule has 0 saturated carbocycles. The van der Waals surface area contributed by atoms with Crippen LogP contribution in [0.5, 0.6) is 0 Å². The monoisotopic (exact) mass is 242 g/mol. The Labute approximate surface area is 105 Å². The summed E-state index contributed by atoms with van der Waals surface area (Å²) < 4.78 is 4.62. The van der Waals surface area contributed by atoms with Crippen LogP contribution in [0.25, 0.3) is 10.8 Å². The van der Waals surface area contributed by atoms with Crippen LogP contribution in [0.3, 0.4) is 0 Å². The number of methoxy groups -OCH3 is 1. The Morgan fingerprint density at radius 2 is 1.94 bits per heavy atom. The summed E-state index contributed by atoms with van der Waals surface area (Å²) in [5.41, 5.74) is 0.982. The Morgan fingerprint density at radius 3 is 2.67 bits per heavy atom. The summed E-state index contributed by atoms with van der Waals surface area (Å²) in [4.78, 5) is 22.4. The number of rotatable bonds is 4. The first-order valence-electron chi connectivity index (χ1n) is 5.76. The lowest BCUT2D eigenvalue weighted by molar-refractivity contribution is -0.146. The topological polar surface area (TPSA) is 43.4 Å². The molecule has 2 aromatic rings. The number of benzene rings is 2. The normalized spacial score (nSPS) is 12.1. The van der Waals surface area contributed by atoms with Gasteiger partial charge in [0.15, 0.2) is 0 Å². The zero-order valence-electron chi connectivity index (χ0n) is 10.1. The summed E-state index contributed by atoms with van der Waals surface area (Å²) in [7, 11) is 1.29. The predicted molar refractivity (Wildman–Crippen MR) is 69.2 cm³/mol. The third kappa shape index (κ3) is 2.40. The summed E-state index contributed by atoms with van der Waals surface area (Å²) in [6.45, 7) is 0. The molecular weight excluding hydrogens is 228 g/mol. The van der Waals surface area contributed by atoms with E-state index in [0.29, 0.717) is 12.7 Å². The maximum atomic E-state index is 11.4. The zero-order valence-corrected chi connectivity index (χ0v) is 10.1. The first kappa shape index (κ1) is 12.3. The van der Waals surface area contributed by atoms with Gasteiger partial charge < -0.3 is 9.53 Å². The second-order valence-corrected chi connectivity index (χ2v) is 4.11. The van der Waals surface area contributed by atoms with Crippen molar-refractivity contribution >= 4 is 23.0 Å². The van der Waals surface area contributed by atoms with Gasteiger partial charge in [0.2, 0.25) is 0 Å². The van der Waals surface area contributed by atoms with Gasteiger partial charge in [0.05, 0.1) is 7.11 Å². The number of fused-ring (bicyclic) bond motifs is 1. The number of carbonyl (C=O) groups excluding carboxylic acids is 2. The molecule has 18 heavy (non-hydrogen) atoms. The largest absolute Gasteiger partial charge is 0.468 e. The maximum Gasteiger partial charge on any atom is 0.316 e. The van der Waals surface area contributed by atoms with Crippen molar-refractivity contribution in [1.82, 2.24) is 0 Å². The van der Waals surface area contributed by atoms with E-state index >= 15 is 0 Å². The molecule has 0 aliphatic carbocycles. The van der Waals surface area contributed by atoms with Crippen LogP contribution >= 0.6 is 0 Å². The van der Waals surface area contributed by atoms with E-state index in [1.165, 1.54) is 7.11 Å². The molecule has 2 aromatic carbocycles. The highest BCUT2D eigenvalue weighted by atomic mass is 16.5. The smallest absolute Gasteiger partial charge is 0.316 e. The summed E-state index contributed by atoms with van der Waals surface area (Å²) >= 11 is 0. The fourth-order valence-corrected chi connectivity index (χ4v) is 2.05. The molecule has 1 unspecified atom stereocenters. The lowest BCUT2D eigenvalue weighted by atomic mass is 9.96. The van der Waals surface area contributed by atoms with Gasteiger partial charge in [-0.25, -0.2) is 0 Å². The van der Waals surface area contributed by atoms with Crippen molar-refractivity contribution in [3.05, 3.63) is 48.0 Å². The van der Waals surface area contributed by atoms with Gasteiger partial charge in [-0.1, -0.05) is 42.5 Å². The van der Waals surface area contributed by atoms with Crippen molar-refractivity contribution in [1.29, 1.82) is 0 Å². The van der Waals surface area contributed by atoms with Gasteiger partial charge in [-0.15, -0.1) is 0 Å². The fraction of sp³-hybridized carbons (Fsp3) is 0.200. The Morgan fingerprint density at radius 1 is 1.22 bits per heavy atom. The standard InChI is InChI=1S/C15H14O3/c1-18-15(17)13(10-16)9-12-7-4-6-11-5-2-3-8-14(11)12/h2-8,10,13H,9H2,1H3. The third-order valence-electron chi connectivity index (χ3n) is 2.99. The minimum atomic E-state index is -0.735. The Bertz CT molecular complexity index is 569. The fourth-order valence-electron chi connectivity index (χ4n) is 2.05. The van der Waals surface area contributed by atoms with Crippen molar-refractivity contribution in [3.63, 3.8) is 0 Å². The average Bonchev–Trinajstić information content (AvgIpc) is 2.44. The number of esters is 1. The molecule has 0 spiro atoms. The summed E-state index contributed by atoms with van der Waals surface area (Å²) in [5, 5.41) is 2.17. The first-order chi connectivity index (χ1) is 8.76. The maximum absolute atomic E-state index is 11.4. The third-order valence-corrected chi connectivity index (χ3v) is 2.99. The van der Waals surface area contributed by atoms with Crippen LogP contribution in [-0.4, -0.2) is 19.4 Å². The predicted octanol–water partition coefficient (Wildman–Crippen LogP) is 2.37. The average molecular weight is 242 g/mol. The Hall–Kier alpha value is -2.16. The molecule has 0 N–H and O–H groups in total. The lowest BCUT2D eigenvalue weighted by Crippen LogP contribution is -2.20. The molecule has 0 amide bonds. The molecule has 0 aliphatic heterocycles. The van der Waals surface area contributed by atoms with Crippen LogP contribution in [-0.2, 0) is 20.7 Å². The van der Waals surface area contributed by atoms with Crippen LogP contribution in [0.1, 0.15) is 5.56 Å². The molecule has 0 aliphatic rings. The highest BCUT2D eigenvalue weighted by Crippen LogP contribution is 2.21. The molecule has 0 aromatic heterocycles. The molecule has 0 radical (unpaired) electrons. The highest BCUT2D eigenvalue weighted by Gasteiger charge is 2.19. The van der Waals surface area contributed by atoms with E-state index in [9.17, 15) is 9.59 Å². The van der Waals surface area contributed by atoms with Gasteiger partial charge in [-0.2, -0.15) is 0 Å². The molecule has 2 rings (SSSR count). The van der Waals surface area contributed by atoms with E-state index in [-0.39, 0.29) is 0 Å². The van der Waals surface area contributed by atoms with Gasteiger partial charge >= 0.3 is 5.97 Å². The first-order valence-corrected chi connectivity index (χ1v) is 5.76. The minimum absolute atomic E-state index is 0.373. The van der Waals surface area contributed by atoms with Crippen molar-refractivity contribution in [2.24, 2.45) is 5.92 Å². The molecule has 3 heteroatoms. The number of aldehydes is 1. The molecule has 0 saturated heterocycles. The van der Waals surface area contributed by atoms with Gasteiger partial charge in [-0.05, 0) is 22.8 Å². The van der Waals surface area contributed by atoms with Crippen LogP contribution in [0.4, 0.5) is 0 Å². The van der Waals surface area contributed by atoms with Crippen LogP contribution in [0.2, 0.25) is 0 Å². The van der Waals surface area contributed by atoms with Gasteiger partial charge in [0.1, 0.15) is 12.2 Å². The molecule has 3 nitrogen and oxygen atoms in total. The summed E-state index contributed by atoms with van der Waals surface area (Å²) in [5.74, 6) is -1.22. The van der Waals surface area contributed by atoms with Gasteiger partial charge in [0.25, 0.3) is 0 Å². The van der Waals surface area contributed by atoms with E-state index in [2.05, 4.69) is 4.74 Å². The van der Waals surface area contributed by atoms with E-state index in [1.807, 2.05) is 42.5 Å². The van der Waals surface area contributed by atoms with Gasteiger partial charge in [-0.3, -0.25) is 4.79 Å². The van der Waals surface area contributed by atoms with Crippen molar-refractivity contribution in [2.45, 2.75) is 6.42 Å². The number of carbonyl (C=O) groups is 2. The van der Waals surface area contributed by atoms with E-state index < -0.39 is 11.9 Å². The molecule has 1 atom stereocenters. The molecule has 0 bridgehead atoms. The Kier molecular flexibility index (Phi) is 3.72.